The van der Waals surface area contributed by atoms with Crippen molar-refractivity contribution in [2.45, 2.75) is 31.8 Å². The number of rotatable bonds is 9. The number of nitrogens with one attached hydrogen (secondary N) is 2. The van der Waals surface area contributed by atoms with E-state index in [1.165, 1.54) is 0 Å². The van der Waals surface area contributed by atoms with E-state index in [1.54, 1.807) is 49.1 Å². The first-order valence-electron chi connectivity index (χ1n) is 11.9. The first kappa shape index (κ1) is 25.3. The van der Waals surface area contributed by atoms with E-state index in [1.807, 2.05) is 54.7 Å². The van der Waals surface area contributed by atoms with Crippen LogP contribution < -0.4 is 10.6 Å². The van der Waals surface area contributed by atoms with Crippen LogP contribution in [0, 0.1) is 22.7 Å². The predicted octanol–water partition coefficient (Wildman–Crippen LogP) is 4.59. The Morgan fingerprint density at radius 3 is 2.41 bits per heavy atom. The molecule has 0 saturated carbocycles. The summed E-state index contributed by atoms with van der Waals surface area (Å²) in [5.74, 6) is 0.225. The fourth-order valence-electron chi connectivity index (χ4n) is 3.78. The Morgan fingerprint density at radius 2 is 1.76 bits per heavy atom. The Labute approximate surface area is 216 Å². The average Bonchev–Trinajstić information content (AvgIpc) is 3.44. The van der Waals surface area contributed by atoms with E-state index in [0.717, 1.165) is 22.3 Å². The molecule has 0 saturated heterocycles. The van der Waals surface area contributed by atoms with Crippen molar-refractivity contribution in [3.8, 4) is 23.3 Å². The summed E-state index contributed by atoms with van der Waals surface area (Å²) in [6.45, 7) is 4.17. The molecule has 0 spiro atoms. The second kappa shape index (κ2) is 11.3. The summed E-state index contributed by atoms with van der Waals surface area (Å²) in [4.78, 5) is 17.7. The Morgan fingerprint density at radius 1 is 1.00 bits per heavy atom. The highest BCUT2D eigenvalue weighted by Gasteiger charge is 2.22. The second-order valence-electron chi connectivity index (χ2n) is 9.12. The zero-order valence-corrected chi connectivity index (χ0v) is 20.7. The van der Waals surface area contributed by atoms with Crippen molar-refractivity contribution >= 4 is 11.7 Å². The Bertz CT molecular complexity index is 1430. The van der Waals surface area contributed by atoms with Gasteiger partial charge in [-0.05, 0) is 55.7 Å². The average molecular weight is 490 g/mol. The second-order valence-corrected chi connectivity index (χ2v) is 9.12. The minimum atomic E-state index is -0.751. The number of nitriles is 2. The predicted molar refractivity (Wildman–Crippen MR) is 141 cm³/mol. The van der Waals surface area contributed by atoms with E-state index in [4.69, 9.17) is 5.26 Å². The number of hydrogen-bond acceptors (Lipinski definition) is 6. The minimum absolute atomic E-state index is 0.213. The number of pyridine rings is 1. The summed E-state index contributed by atoms with van der Waals surface area (Å²) in [5.41, 5.74) is 3.47. The first-order valence-corrected chi connectivity index (χ1v) is 11.9. The number of anilines is 1. The summed E-state index contributed by atoms with van der Waals surface area (Å²) < 4.78 is 1.62. The van der Waals surface area contributed by atoms with E-state index in [9.17, 15) is 10.1 Å². The third-order valence-corrected chi connectivity index (χ3v) is 6.02. The van der Waals surface area contributed by atoms with Gasteiger partial charge in [0, 0.05) is 30.1 Å². The molecule has 0 aliphatic rings. The molecular formula is C29H27N7O. The van der Waals surface area contributed by atoms with Crippen LogP contribution in [0.25, 0.3) is 11.1 Å². The smallest absolute Gasteiger partial charge is 0.247 e. The van der Waals surface area contributed by atoms with Gasteiger partial charge in [-0.3, -0.25) is 9.48 Å². The molecule has 0 fully saturated rings. The molecule has 4 rings (SSSR count). The molecule has 0 bridgehead atoms. The van der Waals surface area contributed by atoms with E-state index in [-0.39, 0.29) is 5.91 Å². The highest BCUT2D eigenvalue weighted by atomic mass is 16.2. The van der Waals surface area contributed by atoms with Gasteiger partial charge in [-0.25, -0.2) is 4.98 Å². The van der Waals surface area contributed by atoms with Gasteiger partial charge in [0.1, 0.15) is 17.4 Å². The van der Waals surface area contributed by atoms with Crippen LogP contribution in [-0.2, 0) is 16.8 Å². The van der Waals surface area contributed by atoms with Gasteiger partial charge >= 0.3 is 0 Å². The van der Waals surface area contributed by atoms with Crippen molar-refractivity contribution < 1.29 is 4.79 Å². The van der Waals surface area contributed by atoms with Crippen LogP contribution in [-0.4, -0.2) is 27.2 Å². The zero-order valence-electron chi connectivity index (χ0n) is 20.7. The van der Waals surface area contributed by atoms with Crippen LogP contribution >= 0.6 is 0 Å². The molecule has 1 amide bonds. The number of carbonyl (C=O) groups excluding carboxylic acids is 1. The lowest BCUT2D eigenvalue weighted by Crippen LogP contribution is -2.34. The van der Waals surface area contributed by atoms with Crippen LogP contribution in [0.4, 0.5) is 5.82 Å². The highest BCUT2D eigenvalue weighted by Crippen LogP contribution is 2.23. The molecule has 1 atom stereocenters. The lowest BCUT2D eigenvalue weighted by molar-refractivity contribution is -0.118. The summed E-state index contributed by atoms with van der Waals surface area (Å²) in [6, 6.07) is 24.4. The molecule has 8 nitrogen and oxygen atoms in total. The van der Waals surface area contributed by atoms with Gasteiger partial charge in [0.15, 0.2) is 0 Å². The topological polar surface area (TPSA) is 119 Å². The third-order valence-electron chi connectivity index (χ3n) is 6.02. The van der Waals surface area contributed by atoms with Crippen molar-refractivity contribution in [1.82, 2.24) is 20.1 Å². The summed E-state index contributed by atoms with van der Waals surface area (Å²) >= 11 is 0. The summed E-state index contributed by atoms with van der Waals surface area (Å²) in [6.07, 6.45) is 5.89. The van der Waals surface area contributed by atoms with Crippen molar-refractivity contribution in [1.29, 1.82) is 10.5 Å². The molecule has 2 aromatic carbocycles. The van der Waals surface area contributed by atoms with Crippen molar-refractivity contribution in [3.63, 3.8) is 0 Å². The zero-order chi connectivity index (χ0) is 26.3. The van der Waals surface area contributed by atoms with Gasteiger partial charge < -0.3 is 10.6 Å². The number of amides is 1. The van der Waals surface area contributed by atoms with Gasteiger partial charge in [0.25, 0.3) is 0 Å². The normalized spacial score (nSPS) is 11.8. The standard InChI is InChI=1S/C29H27N7O/c1-29(2,20-31)36-19-25(18-34-36)24-12-13-26(33-17-24)35-28(37)27(23-6-4-3-5-7-23)32-15-14-21-8-10-22(16-30)11-9-21/h3-13,17-19,27,32H,14-15H2,1-2H3,(H,33,35,37). The van der Waals surface area contributed by atoms with Crippen LogP contribution in [0.15, 0.2) is 85.3 Å². The van der Waals surface area contributed by atoms with Gasteiger partial charge in [-0.15, -0.1) is 0 Å². The third kappa shape index (κ3) is 6.26. The molecule has 184 valence electrons. The number of hydrogen-bond donors (Lipinski definition) is 2. The minimum Gasteiger partial charge on any atom is -0.309 e. The maximum Gasteiger partial charge on any atom is 0.247 e. The number of benzene rings is 2. The Balaban J connectivity index is 1.43. The molecule has 2 heterocycles. The van der Waals surface area contributed by atoms with E-state index < -0.39 is 11.6 Å². The van der Waals surface area contributed by atoms with Crippen molar-refractivity contribution in [3.05, 3.63) is 102 Å². The van der Waals surface area contributed by atoms with Gasteiger partial charge in [0.05, 0.1) is 23.9 Å². The molecule has 37 heavy (non-hydrogen) atoms. The number of aromatic nitrogens is 3. The highest BCUT2D eigenvalue weighted by molar-refractivity contribution is 5.95. The summed E-state index contributed by atoms with van der Waals surface area (Å²) in [7, 11) is 0. The largest absolute Gasteiger partial charge is 0.309 e. The monoisotopic (exact) mass is 489 g/mol. The molecular weight excluding hydrogens is 462 g/mol. The lowest BCUT2D eigenvalue weighted by Gasteiger charge is -2.19. The van der Waals surface area contributed by atoms with Crippen LogP contribution in [0.3, 0.4) is 0 Å². The van der Waals surface area contributed by atoms with Crippen molar-refractivity contribution in [2.24, 2.45) is 0 Å². The number of carbonyl (C=O) groups is 1. The van der Waals surface area contributed by atoms with Gasteiger partial charge in [-0.1, -0.05) is 42.5 Å². The maximum atomic E-state index is 13.2. The van der Waals surface area contributed by atoms with E-state index >= 15 is 0 Å². The fraction of sp³-hybridized carbons (Fsp3) is 0.207. The number of nitrogens with zero attached hydrogens (tertiary/aromatic N) is 5. The van der Waals surface area contributed by atoms with Crippen molar-refractivity contribution in [2.75, 3.05) is 11.9 Å². The van der Waals surface area contributed by atoms with Crippen LogP contribution in [0.1, 0.15) is 36.6 Å². The van der Waals surface area contributed by atoms with E-state index in [2.05, 4.69) is 32.9 Å². The Kier molecular flexibility index (Phi) is 7.73. The molecule has 0 radical (unpaired) electrons. The molecule has 0 aliphatic heterocycles. The molecule has 4 aromatic rings. The van der Waals surface area contributed by atoms with Crippen LogP contribution in [0.5, 0.6) is 0 Å². The SMILES string of the molecule is CC(C)(C#N)n1cc(-c2ccc(NC(=O)C(NCCc3ccc(C#N)cc3)c3ccccc3)nc2)cn1. The van der Waals surface area contributed by atoms with Gasteiger partial charge in [0.2, 0.25) is 5.91 Å². The fourth-order valence-corrected chi connectivity index (χ4v) is 3.78. The molecule has 2 N–H and O–H groups in total. The first-order chi connectivity index (χ1) is 17.9. The molecule has 0 aliphatic carbocycles. The molecule has 2 aromatic heterocycles. The Hall–Kier alpha value is -4.79. The molecule has 8 heteroatoms. The quantitative estimate of drug-likeness (QED) is 0.355. The lowest BCUT2D eigenvalue weighted by atomic mass is 10.0. The molecule has 1 unspecified atom stereocenters. The van der Waals surface area contributed by atoms with E-state index in [0.29, 0.717) is 24.3 Å². The summed E-state index contributed by atoms with van der Waals surface area (Å²) in [5, 5.41) is 28.9. The van der Waals surface area contributed by atoms with Crippen LogP contribution in [0.2, 0.25) is 0 Å². The maximum absolute atomic E-state index is 13.2. The van der Waals surface area contributed by atoms with Gasteiger partial charge in [-0.2, -0.15) is 15.6 Å².